The first-order chi connectivity index (χ1) is 11.3. The van der Waals surface area contributed by atoms with E-state index in [1.165, 1.54) is 12.4 Å². The molecule has 3 rings (SSSR count). The van der Waals surface area contributed by atoms with Gasteiger partial charge >= 0.3 is 5.97 Å². The smallest absolute Gasteiger partial charge is 0.338 e. The Morgan fingerprint density at radius 2 is 2.00 bits per heavy atom. The summed E-state index contributed by atoms with van der Waals surface area (Å²) in [5.41, 5.74) is 1.81. The summed E-state index contributed by atoms with van der Waals surface area (Å²) in [7, 11) is 1.60. The number of nitrogens with zero attached hydrogens (tertiary/aromatic N) is 2. The van der Waals surface area contributed by atoms with Crippen LogP contribution in [0, 0.1) is 0 Å². The van der Waals surface area contributed by atoms with Crippen LogP contribution >= 0.6 is 0 Å². The Balaban J connectivity index is 1.66. The zero-order valence-electron chi connectivity index (χ0n) is 12.4. The standard InChI is InChI=1S/C17H14N2O4/c1-21-15-4-2-3-13(9-15)16-10-14(19-23-16)11-22-17(20)12-5-7-18-8-6-12/h2-10H,11H2,1H3. The molecule has 2 heterocycles. The average Bonchev–Trinajstić information content (AvgIpc) is 3.09. The highest BCUT2D eigenvalue weighted by Gasteiger charge is 2.11. The summed E-state index contributed by atoms with van der Waals surface area (Å²) in [6.45, 7) is 0.0363. The number of carbonyl (C=O) groups excluding carboxylic acids is 1. The number of hydrogen-bond donors (Lipinski definition) is 0. The lowest BCUT2D eigenvalue weighted by Gasteiger charge is -2.01. The lowest BCUT2D eigenvalue weighted by Crippen LogP contribution is -2.05. The monoisotopic (exact) mass is 310 g/mol. The van der Waals surface area contributed by atoms with Crippen LogP contribution in [0.15, 0.2) is 59.4 Å². The van der Waals surface area contributed by atoms with Crippen molar-refractivity contribution >= 4 is 5.97 Å². The first-order valence-electron chi connectivity index (χ1n) is 6.93. The Kier molecular flexibility index (Phi) is 4.33. The quantitative estimate of drug-likeness (QED) is 0.674. The maximum atomic E-state index is 11.9. The number of benzene rings is 1. The van der Waals surface area contributed by atoms with Gasteiger partial charge in [-0.05, 0) is 24.3 Å². The van der Waals surface area contributed by atoms with Gasteiger partial charge < -0.3 is 14.0 Å². The average molecular weight is 310 g/mol. The molecule has 0 aliphatic rings. The fourth-order valence-electron chi connectivity index (χ4n) is 2.00. The zero-order valence-corrected chi connectivity index (χ0v) is 12.4. The van der Waals surface area contributed by atoms with Crippen molar-refractivity contribution in [3.8, 4) is 17.1 Å². The second-order valence-electron chi connectivity index (χ2n) is 4.73. The molecule has 0 amide bonds. The van der Waals surface area contributed by atoms with Crippen LogP contribution in [0.1, 0.15) is 16.1 Å². The zero-order chi connectivity index (χ0) is 16.1. The fraction of sp³-hybridized carbons (Fsp3) is 0.118. The van der Waals surface area contributed by atoms with Crippen LogP contribution in [-0.2, 0) is 11.3 Å². The summed E-state index contributed by atoms with van der Waals surface area (Å²) in [5, 5.41) is 3.91. The van der Waals surface area contributed by atoms with E-state index in [4.69, 9.17) is 14.0 Å². The van der Waals surface area contributed by atoms with E-state index in [0.717, 1.165) is 11.3 Å². The van der Waals surface area contributed by atoms with E-state index in [9.17, 15) is 4.79 Å². The molecule has 23 heavy (non-hydrogen) atoms. The lowest BCUT2D eigenvalue weighted by atomic mass is 10.1. The minimum absolute atomic E-state index is 0.0363. The first-order valence-corrected chi connectivity index (χ1v) is 6.93. The molecular formula is C17H14N2O4. The number of methoxy groups -OCH3 is 1. The van der Waals surface area contributed by atoms with Crippen molar-refractivity contribution in [1.82, 2.24) is 10.1 Å². The Morgan fingerprint density at radius 1 is 1.17 bits per heavy atom. The van der Waals surface area contributed by atoms with Gasteiger partial charge in [-0.2, -0.15) is 0 Å². The van der Waals surface area contributed by atoms with Gasteiger partial charge in [-0.15, -0.1) is 0 Å². The third-order valence-corrected chi connectivity index (χ3v) is 3.18. The van der Waals surface area contributed by atoms with Crippen molar-refractivity contribution in [2.24, 2.45) is 0 Å². The van der Waals surface area contributed by atoms with E-state index >= 15 is 0 Å². The SMILES string of the molecule is COc1cccc(-c2cc(COC(=O)c3ccncc3)no2)c1. The Hall–Kier alpha value is -3.15. The number of hydrogen-bond acceptors (Lipinski definition) is 6. The van der Waals surface area contributed by atoms with Crippen molar-refractivity contribution in [3.63, 3.8) is 0 Å². The van der Waals surface area contributed by atoms with E-state index in [1.54, 1.807) is 25.3 Å². The predicted molar refractivity (Wildman–Crippen MR) is 81.8 cm³/mol. The molecule has 0 spiro atoms. The van der Waals surface area contributed by atoms with Crippen LogP contribution in [-0.4, -0.2) is 23.2 Å². The summed E-state index contributed by atoms with van der Waals surface area (Å²) in [6, 6.07) is 12.3. The van der Waals surface area contributed by atoms with Gasteiger partial charge in [-0.1, -0.05) is 17.3 Å². The van der Waals surface area contributed by atoms with Crippen LogP contribution in [0.4, 0.5) is 0 Å². The summed E-state index contributed by atoms with van der Waals surface area (Å²) in [5.74, 6) is 0.877. The molecule has 116 valence electrons. The molecule has 0 fully saturated rings. The Morgan fingerprint density at radius 3 is 2.78 bits per heavy atom. The van der Waals surface area contributed by atoms with Gasteiger partial charge in [0.1, 0.15) is 18.1 Å². The molecule has 0 saturated carbocycles. The van der Waals surface area contributed by atoms with Gasteiger partial charge in [0.25, 0.3) is 0 Å². The van der Waals surface area contributed by atoms with Crippen LogP contribution in [0.2, 0.25) is 0 Å². The van der Waals surface area contributed by atoms with Crippen LogP contribution in [0.5, 0.6) is 5.75 Å². The second-order valence-corrected chi connectivity index (χ2v) is 4.73. The highest BCUT2D eigenvalue weighted by molar-refractivity contribution is 5.89. The van der Waals surface area contributed by atoms with E-state index < -0.39 is 5.97 Å². The number of rotatable bonds is 5. The summed E-state index contributed by atoms with van der Waals surface area (Å²) >= 11 is 0. The van der Waals surface area contributed by atoms with Gasteiger partial charge in [-0.25, -0.2) is 4.79 Å². The number of esters is 1. The third kappa shape index (κ3) is 3.55. The van der Waals surface area contributed by atoms with Crippen molar-refractivity contribution in [3.05, 3.63) is 66.1 Å². The maximum Gasteiger partial charge on any atom is 0.338 e. The normalized spacial score (nSPS) is 10.3. The van der Waals surface area contributed by atoms with Gasteiger partial charge in [-0.3, -0.25) is 4.98 Å². The largest absolute Gasteiger partial charge is 0.497 e. The van der Waals surface area contributed by atoms with E-state index in [-0.39, 0.29) is 6.61 Å². The maximum absolute atomic E-state index is 11.9. The van der Waals surface area contributed by atoms with Crippen molar-refractivity contribution in [1.29, 1.82) is 0 Å². The molecule has 1 aromatic carbocycles. The van der Waals surface area contributed by atoms with Crippen LogP contribution < -0.4 is 4.74 Å². The number of pyridine rings is 1. The summed E-state index contributed by atoms with van der Waals surface area (Å²) < 4.78 is 15.7. The predicted octanol–water partition coefficient (Wildman–Crippen LogP) is 3.10. The highest BCUT2D eigenvalue weighted by Crippen LogP contribution is 2.24. The first kappa shape index (κ1) is 14.8. The molecule has 3 aromatic rings. The van der Waals surface area contributed by atoms with E-state index in [0.29, 0.717) is 17.0 Å². The number of ether oxygens (including phenoxy) is 2. The topological polar surface area (TPSA) is 74.5 Å². The Labute approximate surface area is 132 Å². The number of aromatic nitrogens is 2. The highest BCUT2D eigenvalue weighted by atomic mass is 16.5. The van der Waals surface area contributed by atoms with Crippen LogP contribution in [0.25, 0.3) is 11.3 Å². The molecule has 0 atom stereocenters. The fourth-order valence-corrected chi connectivity index (χ4v) is 2.00. The van der Waals surface area contributed by atoms with Crippen LogP contribution in [0.3, 0.4) is 0 Å². The molecular weight excluding hydrogens is 296 g/mol. The molecule has 0 N–H and O–H groups in total. The summed E-state index contributed by atoms with van der Waals surface area (Å²) in [4.78, 5) is 15.7. The van der Waals surface area contributed by atoms with Crippen molar-refractivity contribution in [2.45, 2.75) is 6.61 Å². The van der Waals surface area contributed by atoms with Gasteiger partial charge in [0, 0.05) is 24.0 Å². The minimum Gasteiger partial charge on any atom is -0.497 e. The molecule has 0 saturated heterocycles. The molecule has 2 aromatic heterocycles. The van der Waals surface area contributed by atoms with Gasteiger partial charge in [0.15, 0.2) is 5.76 Å². The number of carbonyl (C=O) groups is 1. The molecule has 0 aliphatic heterocycles. The molecule has 6 heteroatoms. The second kappa shape index (κ2) is 6.74. The van der Waals surface area contributed by atoms with Crippen molar-refractivity contribution < 1.29 is 18.8 Å². The lowest BCUT2D eigenvalue weighted by molar-refractivity contribution is 0.0464. The Bertz CT molecular complexity index is 799. The molecule has 0 unspecified atom stereocenters. The van der Waals surface area contributed by atoms with E-state index in [2.05, 4.69) is 10.1 Å². The summed E-state index contributed by atoms with van der Waals surface area (Å²) in [6.07, 6.45) is 3.07. The minimum atomic E-state index is -0.432. The molecule has 0 bridgehead atoms. The molecule has 0 aliphatic carbocycles. The molecule has 6 nitrogen and oxygen atoms in total. The van der Waals surface area contributed by atoms with Crippen molar-refractivity contribution in [2.75, 3.05) is 7.11 Å². The molecule has 0 radical (unpaired) electrons. The van der Waals surface area contributed by atoms with Gasteiger partial charge in [0.2, 0.25) is 0 Å². The van der Waals surface area contributed by atoms with E-state index in [1.807, 2.05) is 24.3 Å². The third-order valence-electron chi connectivity index (χ3n) is 3.18. The van der Waals surface area contributed by atoms with Gasteiger partial charge in [0.05, 0.1) is 12.7 Å².